The summed E-state index contributed by atoms with van der Waals surface area (Å²) in [5, 5.41) is 4.77. The van der Waals surface area contributed by atoms with Crippen LogP contribution < -0.4 is 10.6 Å². The van der Waals surface area contributed by atoms with Crippen LogP contribution in [0.4, 0.5) is 4.79 Å². The van der Waals surface area contributed by atoms with E-state index in [2.05, 4.69) is 10.6 Å². The fraction of sp³-hybridized carbons (Fsp3) is 0.182. The van der Waals surface area contributed by atoms with Crippen LogP contribution in [0.1, 0.15) is 21.5 Å². The molecule has 2 aromatic carbocycles. The van der Waals surface area contributed by atoms with Gasteiger partial charge in [0.2, 0.25) is 5.91 Å². The summed E-state index contributed by atoms with van der Waals surface area (Å²) in [6.07, 6.45) is 1.67. The van der Waals surface area contributed by atoms with Gasteiger partial charge in [-0.1, -0.05) is 48.0 Å². The van der Waals surface area contributed by atoms with Crippen LogP contribution in [0.5, 0.6) is 0 Å². The first-order chi connectivity index (χ1) is 14.4. The first-order valence-electron chi connectivity index (χ1n) is 9.36. The third kappa shape index (κ3) is 5.57. The van der Waals surface area contributed by atoms with E-state index in [1.165, 1.54) is 0 Å². The molecule has 4 amide bonds. The normalized spacial score (nSPS) is 14.8. The minimum atomic E-state index is -0.401. The third-order valence-corrected chi connectivity index (χ3v) is 5.26. The number of hydrogen-bond donors (Lipinski definition) is 2. The van der Waals surface area contributed by atoms with Crippen molar-refractivity contribution in [3.8, 4) is 0 Å². The largest absolute Gasteiger partial charge is 0.353 e. The highest BCUT2D eigenvalue weighted by atomic mass is 32.2. The van der Waals surface area contributed by atoms with E-state index in [1.807, 2.05) is 49.4 Å². The van der Waals surface area contributed by atoms with Crippen LogP contribution in [0.15, 0.2) is 59.5 Å². The predicted molar refractivity (Wildman–Crippen MR) is 116 cm³/mol. The zero-order chi connectivity index (χ0) is 21.5. The Morgan fingerprint density at radius 1 is 1.00 bits per heavy atom. The second kappa shape index (κ2) is 9.89. The molecule has 8 heteroatoms. The fourth-order valence-corrected chi connectivity index (χ4v) is 3.60. The number of amides is 4. The summed E-state index contributed by atoms with van der Waals surface area (Å²) in [6, 6.07) is 16.3. The molecule has 154 valence electrons. The molecule has 0 atom stereocenters. The zero-order valence-corrected chi connectivity index (χ0v) is 17.2. The summed E-state index contributed by atoms with van der Waals surface area (Å²) in [4.78, 5) is 50.0. The third-order valence-electron chi connectivity index (χ3n) is 4.35. The van der Waals surface area contributed by atoms with E-state index >= 15 is 0 Å². The quantitative estimate of drug-likeness (QED) is 0.668. The molecular formula is C22H21N3O4S. The van der Waals surface area contributed by atoms with E-state index in [4.69, 9.17) is 0 Å². The van der Waals surface area contributed by atoms with Gasteiger partial charge in [0, 0.05) is 18.7 Å². The Bertz CT molecular complexity index is 987. The summed E-state index contributed by atoms with van der Waals surface area (Å²) < 4.78 is 0. The van der Waals surface area contributed by atoms with Gasteiger partial charge >= 0.3 is 0 Å². The Morgan fingerprint density at radius 3 is 2.40 bits per heavy atom. The molecule has 2 aromatic rings. The Hall–Kier alpha value is -3.39. The van der Waals surface area contributed by atoms with E-state index in [-0.39, 0.29) is 36.7 Å². The van der Waals surface area contributed by atoms with Crippen molar-refractivity contribution < 1.29 is 19.2 Å². The number of hydrogen-bond acceptors (Lipinski definition) is 5. The van der Waals surface area contributed by atoms with Crippen molar-refractivity contribution in [2.45, 2.75) is 6.92 Å². The van der Waals surface area contributed by atoms with E-state index in [1.54, 1.807) is 18.2 Å². The topological polar surface area (TPSA) is 95.6 Å². The van der Waals surface area contributed by atoms with Crippen molar-refractivity contribution in [1.82, 2.24) is 15.5 Å². The van der Waals surface area contributed by atoms with Gasteiger partial charge in [0.05, 0.1) is 11.4 Å². The number of aryl methyl sites for hydroxylation is 1. The van der Waals surface area contributed by atoms with Gasteiger partial charge in [-0.05, 0) is 42.5 Å². The average Bonchev–Trinajstić information content (AvgIpc) is 3.00. The van der Waals surface area contributed by atoms with Crippen molar-refractivity contribution >= 4 is 40.8 Å². The van der Waals surface area contributed by atoms with E-state index < -0.39 is 5.91 Å². The summed E-state index contributed by atoms with van der Waals surface area (Å²) in [6.45, 7) is 1.90. The van der Waals surface area contributed by atoms with Gasteiger partial charge in [0.1, 0.15) is 0 Å². The SMILES string of the molecule is Cc1ccc(C(=O)NCC(=O)NCCN2C(=O)S/C(=C\c3ccccc3)C2=O)cc1. The maximum atomic E-state index is 12.4. The first kappa shape index (κ1) is 21.3. The van der Waals surface area contributed by atoms with Crippen LogP contribution in [0, 0.1) is 6.92 Å². The molecule has 0 aromatic heterocycles. The lowest BCUT2D eigenvalue weighted by atomic mass is 10.1. The predicted octanol–water partition coefficient (Wildman–Crippen LogP) is 2.58. The molecule has 0 unspecified atom stereocenters. The second-order valence-corrected chi connectivity index (χ2v) is 7.64. The lowest BCUT2D eigenvalue weighted by Crippen LogP contribution is -2.41. The molecule has 1 heterocycles. The van der Waals surface area contributed by atoms with Crippen molar-refractivity contribution in [1.29, 1.82) is 0 Å². The van der Waals surface area contributed by atoms with E-state index in [0.29, 0.717) is 10.5 Å². The van der Waals surface area contributed by atoms with E-state index in [0.717, 1.165) is 27.8 Å². The number of imide groups is 1. The number of benzene rings is 2. The van der Waals surface area contributed by atoms with Crippen LogP contribution >= 0.6 is 11.8 Å². The highest BCUT2D eigenvalue weighted by Crippen LogP contribution is 2.31. The molecule has 3 rings (SSSR count). The Balaban J connectivity index is 1.44. The summed E-state index contributed by atoms with van der Waals surface area (Å²) >= 11 is 0.877. The van der Waals surface area contributed by atoms with Crippen molar-refractivity contribution in [3.05, 3.63) is 76.2 Å². The average molecular weight is 423 g/mol. The second-order valence-electron chi connectivity index (χ2n) is 6.64. The van der Waals surface area contributed by atoms with Gasteiger partial charge in [0.15, 0.2) is 0 Å². The highest BCUT2D eigenvalue weighted by molar-refractivity contribution is 8.18. The van der Waals surface area contributed by atoms with Crippen molar-refractivity contribution in [3.63, 3.8) is 0 Å². The van der Waals surface area contributed by atoms with Crippen LogP contribution in [0.2, 0.25) is 0 Å². The molecule has 0 spiro atoms. The summed E-state index contributed by atoms with van der Waals surface area (Å²) in [5.41, 5.74) is 2.34. The number of nitrogens with zero attached hydrogens (tertiary/aromatic N) is 1. The maximum absolute atomic E-state index is 12.4. The molecule has 1 aliphatic heterocycles. The molecule has 1 aliphatic rings. The van der Waals surface area contributed by atoms with Gasteiger partial charge in [0.25, 0.3) is 17.1 Å². The Morgan fingerprint density at radius 2 is 1.70 bits per heavy atom. The van der Waals surface area contributed by atoms with E-state index in [9.17, 15) is 19.2 Å². The van der Waals surface area contributed by atoms with Crippen LogP contribution in [0.25, 0.3) is 6.08 Å². The van der Waals surface area contributed by atoms with Crippen molar-refractivity contribution in [2.75, 3.05) is 19.6 Å². The minimum absolute atomic E-state index is 0.0639. The molecule has 0 saturated carbocycles. The fourth-order valence-electron chi connectivity index (χ4n) is 2.73. The number of carbonyl (C=O) groups excluding carboxylic acids is 4. The highest BCUT2D eigenvalue weighted by Gasteiger charge is 2.34. The Kier molecular flexibility index (Phi) is 7.03. The molecule has 30 heavy (non-hydrogen) atoms. The van der Waals surface area contributed by atoms with Crippen LogP contribution in [-0.4, -0.2) is 47.5 Å². The summed E-state index contributed by atoms with van der Waals surface area (Å²) in [5.74, 6) is -1.12. The molecule has 1 saturated heterocycles. The van der Waals surface area contributed by atoms with Crippen LogP contribution in [0.3, 0.4) is 0 Å². The summed E-state index contributed by atoms with van der Waals surface area (Å²) in [7, 11) is 0. The lowest BCUT2D eigenvalue weighted by molar-refractivity contribution is -0.124. The standard InChI is InChI=1S/C22H21N3O4S/c1-15-7-9-17(10-8-15)20(27)24-14-19(26)23-11-12-25-21(28)18(30-22(25)29)13-16-5-3-2-4-6-16/h2-10,13H,11-12,14H2,1H3,(H,23,26)(H,24,27)/b18-13-. The Labute approximate surface area is 178 Å². The number of rotatable bonds is 7. The number of nitrogens with one attached hydrogen (secondary N) is 2. The molecule has 0 radical (unpaired) electrons. The molecule has 7 nitrogen and oxygen atoms in total. The van der Waals surface area contributed by atoms with Gasteiger partial charge in [-0.2, -0.15) is 0 Å². The molecule has 0 bridgehead atoms. The van der Waals surface area contributed by atoms with Crippen molar-refractivity contribution in [2.24, 2.45) is 0 Å². The number of carbonyl (C=O) groups is 4. The van der Waals surface area contributed by atoms with Gasteiger partial charge < -0.3 is 10.6 Å². The molecule has 1 fully saturated rings. The monoisotopic (exact) mass is 423 g/mol. The smallest absolute Gasteiger partial charge is 0.293 e. The molecular weight excluding hydrogens is 402 g/mol. The zero-order valence-electron chi connectivity index (χ0n) is 16.4. The minimum Gasteiger partial charge on any atom is -0.353 e. The van der Waals surface area contributed by atoms with Crippen LogP contribution in [-0.2, 0) is 9.59 Å². The van der Waals surface area contributed by atoms with Gasteiger partial charge in [-0.25, -0.2) is 0 Å². The molecule has 2 N–H and O–H groups in total. The first-order valence-corrected chi connectivity index (χ1v) is 10.2. The number of thioether (sulfide) groups is 1. The van der Waals surface area contributed by atoms with Gasteiger partial charge in [-0.15, -0.1) is 0 Å². The lowest BCUT2D eigenvalue weighted by Gasteiger charge is -2.13. The maximum Gasteiger partial charge on any atom is 0.293 e. The van der Waals surface area contributed by atoms with Gasteiger partial charge in [-0.3, -0.25) is 24.1 Å². The molecule has 0 aliphatic carbocycles.